The van der Waals surface area contributed by atoms with E-state index in [1.807, 2.05) is 13.8 Å². The third-order valence-electron chi connectivity index (χ3n) is 2.52. The van der Waals surface area contributed by atoms with E-state index in [4.69, 9.17) is 16.1 Å². The van der Waals surface area contributed by atoms with Gasteiger partial charge in [0.25, 0.3) is 5.91 Å². The molecule has 1 rings (SSSR count). The highest BCUT2D eigenvalue weighted by Crippen LogP contribution is 2.18. The topological polar surface area (TPSA) is 46.3 Å². The van der Waals surface area contributed by atoms with Crippen LogP contribution in [0.3, 0.4) is 0 Å². The maximum absolute atomic E-state index is 12.0. The summed E-state index contributed by atoms with van der Waals surface area (Å²) in [5.74, 6) is 0.774. The van der Waals surface area contributed by atoms with Crippen LogP contribution in [0.1, 0.15) is 30.0 Å². The maximum Gasteiger partial charge on any atom is 0.259 e. The van der Waals surface area contributed by atoms with Gasteiger partial charge < -0.3 is 9.42 Å². The first-order chi connectivity index (χ1) is 6.90. The Kier molecular flexibility index (Phi) is 3.39. The van der Waals surface area contributed by atoms with Gasteiger partial charge in [-0.1, -0.05) is 5.16 Å². The average molecular weight is 231 g/mol. The molecule has 1 aromatic rings. The fourth-order valence-corrected chi connectivity index (χ4v) is 1.23. The number of rotatable bonds is 3. The average Bonchev–Trinajstić information content (AvgIpc) is 2.62. The number of hydrogen-bond acceptors (Lipinski definition) is 3. The Morgan fingerprint density at radius 2 is 2.27 bits per heavy atom. The van der Waals surface area contributed by atoms with Crippen molar-refractivity contribution in [1.29, 1.82) is 0 Å². The molecule has 0 saturated carbocycles. The number of nitrogens with zero attached hydrogens (tertiary/aromatic N) is 2. The molecule has 5 heteroatoms. The van der Waals surface area contributed by atoms with Crippen LogP contribution in [0.25, 0.3) is 0 Å². The molecule has 0 saturated heterocycles. The minimum atomic E-state index is -0.387. The SMILES string of the molecule is Cc1oncc1C(=O)N(C)C(C)(C)CCl. The Morgan fingerprint density at radius 3 is 2.67 bits per heavy atom. The summed E-state index contributed by atoms with van der Waals surface area (Å²) in [4.78, 5) is 13.6. The lowest BCUT2D eigenvalue weighted by Crippen LogP contribution is -2.46. The minimum Gasteiger partial charge on any atom is -0.361 e. The zero-order chi connectivity index (χ0) is 11.6. The van der Waals surface area contributed by atoms with E-state index in [-0.39, 0.29) is 11.4 Å². The van der Waals surface area contributed by atoms with Crippen LogP contribution < -0.4 is 0 Å². The van der Waals surface area contributed by atoms with E-state index in [0.717, 1.165) is 0 Å². The van der Waals surface area contributed by atoms with Gasteiger partial charge in [-0.25, -0.2) is 0 Å². The molecule has 4 nitrogen and oxygen atoms in total. The second-order valence-electron chi connectivity index (χ2n) is 4.11. The number of aromatic nitrogens is 1. The molecule has 0 aliphatic rings. The van der Waals surface area contributed by atoms with E-state index in [2.05, 4.69) is 5.16 Å². The highest BCUT2D eigenvalue weighted by atomic mass is 35.5. The third-order valence-corrected chi connectivity index (χ3v) is 3.17. The molecule has 0 aromatic carbocycles. The molecule has 84 valence electrons. The predicted molar refractivity (Wildman–Crippen MR) is 58.1 cm³/mol. The normalized spacial score (nSPS) is 11.5. The fourth-order valence-electron chi connectivity index (χ4n) is 1.05. The summed E-state index contributed by atoms with van der Waals surface area (Å²) in [6.07, 6.45) is 1.43. The first-order valence-electron chi connectivity index (χ1n) is 4.65. The van der Waals surface area contributed by atoms with Crippen molar-refractivity contribution in [3.8, 4) is 0 Å². The zero-order valence-corrected chi connectivity index (χ0v) is 10.1. The summed E-state index contributed by atoms with van der Waals surface area (Å²) in [5.41, 5.74) is 0.0956. The van der Waals surface area contributed by atoms with Gasteiger partial charge in [-0.15, -0.1) is 11.6 Å². The molecule has 0 aliphatic heterocycles. The van der Waals surface area contributed by atoms with Crippen molar-refractivity contribution in [2.24, 2.45) is 0 Å². The first kappa shape index (κ1) is 12.0. The number of aryl methyl sites for hydroxylation is 1. The molecule has 0 bridgehead atoms. The van der Waals surface area contributed by atoms with Crippen LogP contribution in [0.15, 0.2) is 10.7 Å². The highest BCUT2D eigenvalue weighted by Gasteiger charge is 2.29. The van der Waals surface area contributed by atoms with Gasteiger partial charge in [0, 0.05) is 12.9 Å². The zero-order valence-electron chi connectivity index (χ0n) is 9.37. The van der Waals surface area contributed by atoms with Crippen molar-refractivity contribution in [1.82, 2.24) is 10.1 Å². The van der Waals surface area contributed by atoms with Gasteiger partial charge in [0.15, 0.2) is 0 Å². The molecule has 0 aliphatic carbocycles. The third kappa shape index (κ3) is 2.31. The van der Waals surface area contributed by atoms with Gasteiger partial charge >= 0.3 is 0 Å². The van der Waals surface area contributed by atoms with Crippen LogP contribution in [0, 0.1) is 6.92 Å². The highest BCUT2D eigenvalue weighted by molar-refractivity contribution is 6.18. The number of amides is 1. The smallest absolute Gasteiger partial charge is 0.259 e. The van der Waals surface area contributed by atoms with Gasteiger partial charge in [0.05, 0.1) is 11.7 Å². The van der Waals surface area contributed by atoms with Gasteiger partial charge in [-0.2, -0.15) is 0 Å². The maximum atomic E-state index is 12.0. The van der Waals surface area contributed by atoms with Crippen molar-refractivity contribution in [3.63, 3.8) is 0 Å². The van der Waals surface area contributed by atoms with Crippen molar-refractivity contribution < 1.29 is 9.32 Å². The number of hydrogen-bond donors (Lipinski definition) is 0. The molecule has 1 heterocycles. The van der Waals surface area contributed by atoms with Crippen molar-refractivity contribution in [2.45, 2.75) is 26.3 Å². The van der Waals surface area contributed by atoms with Gasteiger partial charge in [-0.3, -0.25) is 4.79 Å². The Balaban J connectivity index is 2.92. The number of carbonyl (C=O) groups is 1. The molecule has 0 fully saturated rings. The summed E-state index contributed by atoms with van der Waals surface area (Å²) in [5, 5.41) is 3.58. The second kappa shape index (κ2) is 4.23. The van der Waals surface area contributed by atoms with Crippen LogP contribution >= 0.6 is 11.6 Å². The van der Waals surface area contributed by atoms with E-state index in [0.29, 0.717) is 17.2 Å². The Morgan fingerprint density at radius 1 is 1.67 bits per heavy atom. The predicted octanol–water partition coefficient (Wildman–Crippen LogP) is 2.07. The standard InChI is InChI=1S/C10H15ClN2O2/c1-7-8(5-12-15-7)9(14)13(4)10(2,3)6-11/h5H,6H2,1-4H3. The number of carbonyl (C=O) groups excluding carboxylic acids is 1. The monoisotopic (exact) mass is 230 g/mol. The van der Waals surface area contributed by atoms with Crippen molar-refractivity contribution in [2.75, 3.05) is 12.9 Å². The molecule has 0 unspecified atom stereocenters. The minimum absolute atomic E-state index is 0.126. The van der Waals surface area contributed by atoms with Crippen LogP contribution in [0.4, 0.5) is 0 Å². The first-order valence-corrected chi connectivity index (χ1v) is 5.19. The van der Waals surface area contributed by atoms with Gasteiger partial charge in [0.2, 0.25) is 0 Å². The lowest BCUT2D eigenvalue weighted by Gasteiger charge is -2.33. The lowest BCUT2D eigenvalue weighted by molar-refractivity contribution is 0.0658. The van der Waals surface area contributed by atoms with Crippen molar-refractivity contribution >= 4 is 17.5 Å². The lowest BCUT2D eigenvalue weighted by atomic mass is 10.1. The molecule has 0 N–H and O–H groups in total. The van der Waals surface area contributed by atoms with Gasteiger partial charge in [-0.05, 0) is 20.8 Å². The fraction of sp³-hybridized carbons (Fsp3) is 0.600. The van der Waals surface area contributed by atoms with E-state index >= 15 is 0 Å². The van der Waals surface area contributed by atoms with Crippen molar-refractivity contribution in [3.05, 3.63) is 17.5 Å². The molecular weight excluding hydrogens is 216 g/mol. The summed E-state index contributed by atoms with van der Waals surface area (Å²) in [6.45, 7) is 5.52. The molecule has 0 radical (unpaired) electrons. The molecular formula is C10H15ClN2O2. The summed E-state index contributed by atoms with van der Waals surface area (Å²) in [7, 11) is 1.72. The molecule has 1 amide bonds. The van der Waals surface area contributed by atoms with E-state index in [1.54, 1.807) is 18.9 Å². The van der Waals surface area contributed by atoms with Gasteiger partial charge in [0.1, 0.15) is 11.3 Å². The molecule has 15 heavy (non-hydrogen) atoms. The Hall–Kier alpha value is -1.03. The van der Waals surface area contributed by atoms with Crippen LogP contribution in [-0.4, -0.2) is 34.4 Å². The molecule has 1 aromatic heterocycles. The van der Waals surface area contributed by atoms with E-state index in [1.165, 1.54) is 6.20 Å². The quantitative estimate of drug-likeness (QED) is 0.747. The van der Waals surface area contributed by atoms with Crippen LogP contribution in [-0.2, 0) is 0 Å². The summed E-state index contributed by atoms with van der Waals surface area (Å²) >= 11 is 5.80. The van der Waals surface area contributed by atoms with E-state index in [9.17, 15) is 4.79 Å². The number of alkyl halides is 1. The number of halogens is 1. The second-order valence-corrected chi connectivity index (χ2v) is 4.37. The largest absolute Gasteiger partial charge is 0.361 e. The Bertz CT molecular complexity index is 360. The molecule has 0 atom stereocenters. The Labute approximate surface area is 94.2 Å². The van der Waals surface area contributed by atoms with Crippen LogP contribution in [0.2, 0.25) is 0 Å². The van der Waals surface area contributed by atoms with Crippen LogP contribution in [0.5, 0.6) is 0 Å². The summed E-state index contributed by atoms with van der Waals surface area (Å²) < 4.78 is 4.85. The summed E-state index contributed by atoms with van der Waals surface area (Å²) in [6, 6.07) is 0. The molecule has 0 spiro atoms. The van der Waals surface area contributed by atoms with E-state index < -0.39 is 0 Å².